The van der Waals surface area contributed by atoms with E-state index in [0.29, 0.717) is 18.1 Å². The molecule has 5 heteroatoms. The molecule has 0 radical (unpaired) electrons. The second-order valence-electron chi connectivity index (χ2n) is 7.12. The summed E-state index contributed by atoms with van der Waals surface area (Å²) in [6, 6.07) is 1.62. The molecule has 2 fully saturated rings. The first-order valence-electron chi connectivity index (χ1n) is 8.42. The summed E-state index contributed by atoms with van der Waals surface area (Å²) in [5.74, 6) is -0.247. The fraction of sp³-hybridized carbons (Fsp3) is 0.938. The highest BCUT2D eigenvalue weighted by Crippen LogP contribution is 2.28. The number of carbonyl (C=O) groups excluding carboxylic acids is 1. The molecule has 2 aliphatic heterocycles. The molecule has 122 valence electrons. The Morgan fingerprint density at radius 1 is 1.48 bits per heavy atom. The number of nitrogens with one attached hydrogen (secondary N) is 1. The van der Waals surface area contributed by atoms with E-state index in [1.807, 2.05) is 13.8 Å². The van der Waals surface area contributed by atoms with Gasteiger partial charge in [0.05, 0.1) is 5.54 Å². The van der Waals surface area contributed by atoms with Gasteiger partial charge < -0.3 is 11.1 Å². The maximum Gasteiger partial charge on any atom is 0.237 e. The molecule has 4 atom stereocenters. The molecule has 0 bridgehead atoms. The van der Waals surface area contributed by atoms with E-state index >= 15 is 0 Å². The molecular formula is C16H32N4O. The van der Waals surface area contributed by atoms with Gasteiger partial charge in [-0.3, -0.25) is 14.6 Å². The molecule has 4 unspecified atom stereocenters. The van der Waals surface area contributed by atoms with Gasteiger partial charge in [0.25, 0.3) is 0 Å². The van der Waals surface area contributed by atoms with Crippen LogP contribution in [0.2, 0.25) is 0 Å². The topological polar surface area (TPSA) is 61.6 Å². The Bertz CT molecular complexity index is 375. The minimum atomic E-state index is -0.610. The molecule has 0 aromatic carbocycles. The highest BCUT2D eigenvalue weighted by molar-refractivity contribution is 5.84. The van der Waals surface area contributed by atoms with Crippen LogP contribution >= 0.6 is 0 Å². The van der Waals surface area contributed by atoms with Crippen LogP contribution in [0.1, 0.15) is 47.0 Å². The Hall–Kier alpha value is -0.650. The summed E-state index contributed by atoms with van der Waals surface area (Å²) in [5, 5.41) is 3.28. The van der Waals surface area contributed by atoms with E-state index in [4.69, 9.17) is 5.73 Å². The van der Waals surface area contributed by atoms with Crippen molar-refractivity contribution in [3.05, 3.63) is 0 Å². The SMILES string of the molecule is CCNC(C)(CC(C)N1CC2CCCN2CC1C)C(N)=O. The van der Waals surface area contributed by atoms with Gasteiger partial charge in [0.2, 0.25) is 5.91 Å². The monoisotopic (exact) mass is 296 g/mol. The summed E-state index contributed by atoms with van der Waals surface area (Å²) in [7, 11) is 0. The third-order valence-corrected chi connectivity index (χ3v) is 5.37. The number of hydrogen-bond acceptors (Lipinski definition) is 4. The first-order chi connectivity index (χ1) is 9.87. The van der Waals surface area contributed by atoms with Crippen LogP contribution in [0.5, 0.6) is 0 Å². The minimum absolute atomic E-state index is 0.247. The summed E-state index contributed by atoms with van der Waals surface area (Å²) in [4.78, 5) is 17.0. The zero-order chi connectivity index (χ0) is 15.6. The van der Waals surface area contributed by atoms with Gasteiger partial charge in [-0.1, -0.05) is 6.92 Å². The van der Waals surface area contributed by atoms with Crippen LogP contribution in [0.4, 0.5) is 0 Å². The fourth-order valence-electron chi connectivity index (χ4n) is 4.18. The van der Waals surface area contributed by atoms with Gasteiger partial charge in [0.15, 0.2) is 0 Å². The van der Waals surface area contributed by atoms with Crippen molar-refractivity contribution in [1.29, 1.82) is 0 Å². The standard InChI is InChI=1S/C16H32N4O/c1-5-18-16(4,15(17)21)9-12(2)20-11-14-7-6-8-19(14)10-13(20)3/h12-14,18H,5-11H2,1-4H3,(H2,17,21). The fourth-order valence-corrected chi connectivity index (χ4v) is 4.18. The van der Waals surface area contributed by atoms with Crippen molar-refractivity contribution in [2.75, 3.05) is 26.2 Å². The molecular weight excluding hydrogens is 264 g/mol. The van der Waals surface area contributed by atoms with Gasteiger partial charge in [-0.15, -0.1) is 0 Å². The number of hydrogen-bond donors (Lipinski definition) is 2. The predicted octanol–water partition coefficient (Wildman–Crippen LogP) is 0.787. The van der Waals surface area contributed by atoms with Crippen LogP contribution < -0.4 is 11.1 Å². The van der Waals surface area contributed by atoms with E-state index in [1.165, 1.54) is 19.4 Å². The van der Waals surface area contributed by atoms with Crippen molar-refractivity contribution >= 4 is 5.91 Å². The Kier molecular flexibility index (Phi) is 5.28. The zero-order valence-corrected chi connectivity index (χ0v) is 14.1. The lowest BCUT2D eigenvalue weighted by Crippen LogP contribution is -2.61. The number of fused-ring (bicyclic) bond motifs is 1. The Morgan fingerprint density at radius 2 is 2.19 bits per heavy atom. The molecule has 21 heavy (non-hydrogen) atoms. The second-order valence-corrected chi connectivity index (χ2v) is 7.12. The first kappa shape index (κ1) is 16.7. The van der Waals surface area contributed by atoms with E-state index in [9.17, 15) is 4.79 Å². The third kappa shape index (κ3) is 3.58. The van der Waals surface area contributed by atoms with Crippen LogP contribution in [0.25, 0.3) is 0 Å². The molecule has 2 rings (SSSR count). The minimum Gasteiger partial charge on any atom is -0.368 e. The normalized spacial score (nSPS) is 31.6. The van der Waals surface area contributed by atoms with Gasteiger partial charge in [-0.2, -0.15) is 0 Å². The van der Waals surface area contributed by atoms with Gasteiger partial charge in [0.1, 0.15) is 0 Å². The largest absolute Gasteiger partial charge is 0.368 e. The maximum absolute atomic E-state index is 11.8. The summed E-state index contributed by atoms with van der Waals surface area (Å²) in [6.07, 6.45) is 3.42. The summed E-state index contributed by atoms with van der Waals surface area (Å²) < 4.78 is 0. The lowest BCUT2D eigenvalue weighted by Gasteiger charge is -2.46. The summed E-state index contributed by atoms with van der Waals surface area (Å²) in [5.41, 5.74) is 5.02. The van der Waals surface area contributed by atoms with Crippen LogP contribution in [0.15, 0.2) is 0 Å². The Labute approximate surface area is 129 Å². The zero-order valence-electron chi connectivity index (χ0n) is 14.1. The van der Waals surface area contributed by atoms with E-state index in [-0.39, 0.29) is 5.91 Å². The van der Waals surface area contributed by atoms with E-state index in [1.54, 1.807) is 0 Å². The number of rotatable bonds is 6. The molecule has 0 spiro atoms. The second kappa shape index (κ2) is 6.63. The van der Waals surface area contributed by atoms with E-state index < -0.39 is 5.54 Å². The number of primary amides is 1. The van der Waals surface area contributed by atoms with E-state index in [0.717, 1.165) is 26.1 Å². The van der Waals surface area contributed by atoms with Crippen LogP contribution in [-0.2, 0) is 4.79 Å². The van der Waals surface area contributed by atoms with Gasteiger partial charge in [0, 0.05) is 31.2 Å². The lowest BCUT2D eigenvalue weighted by molar-refractivity contribution is -0.124. The predicted molar refractivity (Wildman–Crippen MR) is 86.1 cm³/mol. The third-order valence-electron chi connectivity index (χ3n) is 5.37. The smallest absolute Gasteiger partial charge is 0.237 e. The number of carbonyl (C=O) groups is 1. The van der Waals surface area contributed by atoms with E-state index in [2.05, 4.69) is 29.0 Å². The number of piperazine rings is 1. The highest BCUT2D eigenvalue weighted by atomic mass is 16.1. The van der Waals surface area contributed by atoms with Gasteiger partial charge >= 0.3 is 0 Å². The van der Waals surface area contributed by atoms with Crippen molar-refractivity contribution in [2.45, 2.75) is 70.6 Å². The Balaban J connectivity index is 2.01. The molecule has 3 N–H and O–H groups in total. The number of nitrogens with two attached hydrogens (primary N) is 1. The molecule has 0 aromatic heterocycles. The highest BCUT2D eigenvalue weighted by Gasteiger charge is 2.39. The molecule has 0 aliphatic carbocycles. The maximum atomic E-state index is 11.8. The van der Waals surface area contributed by atoms with Crippen molar-refractivity contribution in [3.63, 3.8) is 0 Å². The Morgan fingerprint density at radius 3 is 2.81 bits per heavy atom. The molecule has 0 aromatic rings. The molecule has 2 aliphatic rings. The van der Waals surface area contributed by atoms with Crippen LogP contribution in [0, 0.1) is 0 Å². The van der Waals surface area contributed by atoms with Crippen LogP contribution in [-0.4, -0.2) is 65.6 Å². The van der Waals surface area contributed by atoms with Crippen LogP contribution in [0.3, 0.4) is 0 Å². The molecule has 5 nitrogen and oxygen atoms in total. The first-order valence-corrected chi connectivity index (χ1v) is 8.42. The molecule has 2 saturated heterocycles. The van der Waals surface area contributed by atoms with Gasteiger partial charge in [-0.25, -0.2) is 0 Å². The lowest BCUT2D eigenvalue weighted by atomic mass is 9.90. The van der Waals surface area contributed by atoms with Crippen molar-refractivity contribution in [3.8, 4) is 0 Å². The van der Waals surface area contributed by atoms with Gasteiger partial charge in [-0.05, 0) is 53.1 Å². The van der Waals surface area contributed by atoms with Crippen molar-refractivity contribution < 1.29 is 4.79 Å². The van der Waals surface area contributed by atoms with Crippen molar-refractivity contribution in [2.24, 2.45) is 5.73 Å². The van der Waals surface area contributed by atoms with Crippen molar-refractivity contribution in [1.82, 2.24) is 15.1 Å². The average Bonchev–Trinajstić information content (AvgIpc) is 2.84. The quantitative estimate of drug-likeness (QED) is 0.761. The molecule has 1 amide bonds. The number of likely N-dealkylation sites (N-methyl/N-ethyl adjacent to an activating group) is 1. The average molecular weight is 296 g/mol. The number of nitrogens with zero attached hydrogens (tertiary/aromatic N) is 2. The molecule has 0 saturated carbocycles. The molecule has 2 heterocycles. The summed E-state index contributed by atoms with van der Waals surface area (Å²) >= 11 is 0. The number of amides is 1. The summed E-state index contributed by atoms with van der Waals surface area (Å²) in [6.45, 7) is 12.8.